The molecule has 0 radical (unpaired) electrons. The number of amidine groups is 1. The summed E-state index contributed by atoms with van der Waals surface area (Å²) in [7, 11) is 0. The maximum atomic E-state index is 13.4. The van der Waals surface area contributed by atoms with Crippen molar-refractivity contribution in [3.8, 4) is 5.75 Å². The molecule has 0 bridgehead atoms. The molecule has 0 spiro atoms. The lowest BCUT2D eigenvalue weighted by Gasteiger charge is -2.19. The SMILES string of the molecule is CC1=CC(Nc2nc(C(O)c3ccc(F)cc3)nc3cc(OCC(=O)OC(C)(C)C)ccc23)=NC1. The van der Waals surface area contributed by atoms with Crippen LogP contribution in [0.25, 0.3) is 10.9 Å². The molecular formula is C26H27FN4O4. The summed E-state index contributed by atoms with van der Waals surface area (Å²) in [4.78, 5) is 25.5. The highest BCUT2D eigenvalue weighted by molar-refractivity contribution is 6.08. The second-order valence-electron chi connectivity index (χ2n) is 9.26. The fourth-order valence-electron chi connectivity index (χ4n) is 3.47. The molecule has 0 saturated carbocycles. The highest BCUT2D eigenvalue weighted by Crippen LogP contribution is 2.29. The molecule has 0 aliphatic carbocycles. The lowest BCUT2D eigenvalue weighted by atomic mass is 10.1. The first-order valence-corrected chi connectivity index (χ1v) is 11.2. The van der Waals surface area contributed by atoms with Gasteiger partial charge in [-0.3, -0.25) is 4.99 Å². The first kappa shape index (κ1) is 24.3. The number of anilines is 1. The molecule has 8 nitrogen and oxygen atoms in total. The van der Waals surface area contributed by atoms with E-state index in [0.29, 0.717) is 40.4 Å². The third-order valence-corrected chi connectivity index (χ3v) is 5.02. The second-order valence-corrected chi connectivity index (χ2v) is 9.26. The number of hydrogen-bond donors (Lipinski definition) is 2. The van der Waals surface area contributed by atoms with E-state index in [1.54, 1.807) is 39.0 Å². The van der Waals surface area contributed by atoms with E-state index >= 15 is 0 Å². The highest BCUT2D eigenvalue weighted by atomic mass is 19.1. The van der Waals surface area contributed by atoms with Gasteiger partial charge in [0, 0.05) is 11.5 Å². The number of aliphatic hydroxyl groups is 1. The summed E-state index contributed by atoms with van der Waals surface area (Å²) >= 11 is 0. The number of nitrogens with one attached hydrogen (secondary N) is 1. The molecule has 1 aliphatic heterocycles. The molecule has 4 rings (SSSR count). The fraction of sp³-hybridized carbons (Fsp3) is 0.308. The Balaban J connectivity index is 1.67. The number of halogens is 1. The number of aliphatic imine (C=N–C) groups is 1. The van der Waals surface area contributed by atoms with Crippen LogP contribution in [-0.4, -0.2) is 45.6 Å². The van der Waals surface area contributed by atoms with Crippen LogP contribution in [0.3, 0.4) is 0 Å². The number of esters is 1. The minimum atomic E-state index is -1.19. The summed E-state index contributed by atoms with van der Waals surface area (Å²) in [6.07, 6.45) is 0.733. The van der Waals surface area contributed by atoms with Gasteiger partial charge in [0.05, 0.1) is 12.1 Å². The van der Waals surface area contributed by atoms with Gasteiger partial charge in [-0.25, -0.2) is 19.2 Å². The van der Waals surface area contributed by atoms with Gasteiger partial charge in [0.1, 0.15) is 34.9 Å². The van der Waals surface area contributed by atoms with Crippen molar-refractivity contribution in [3.05, 3.63) is 71.3 Å². The number of benzene rings is 2. The van der Waals surface area contributed by atoms with Crippen molar-refractivity contribution in [1.82, 2.24) is 9.97 Å². The lowest BCUT2D eigenvalue weighted by molar-refractivity contribution is -0.157. The predicted octanol–water partition coefficient (Wildman–Crippen LogP) is 4.34. The standard InChI is InChI=1S/C26H27FN4O4/c1-15-11-21(28-13-15)30-24-19-10-9-18(34-14-22(32)35-26(2,3)4)12-20(19)29-25(31-24)23(33)16-5-7-17(27)8-6-16/h5-12,23,33H,13-14H2,1-4H3,(H,28,29,30,31). The number of fused-ring (bicyclic) bond motifs is 1. The van der Waals surface area contributed by atoms with Crippen molar-refractivity contribution < 1.29 is 23.8 Å². The van der Waals surface area contributed by atoms with Gasteiger partial charge in [-0.1, -0.05) is 12.1 Å². The maximum Gasteiger partial charge on any atom is 0.344 e. The van der Waals surface area contributed by atoms with Gasteiger partial charge in [-0.05, 0) is 69.2 Å². The van der Waals surface area contributed by atoms with Crippen LogP contribution in [0.2, 0.25) is 0 Å². The fourth-order valence-corrected chi connectivity index (χ4v) is 3.47. The maximum absolute atomic E-state index is 13.4. The van der Waals surface area contributed by atoms with Crippen LogP contribution in [0.1, 0.15) is 45.2 Å². The van der Waals surface area contributed by atoms with Gasteiger partial charge >= 0.3 is 5.97 Å². The number of aromatic nitrogens is 2. The number of carbonyl (C=O) groups excluding carboxylic acids is 1. The molecule has 0 saturated heterocycles. The van der Waals surface area contributed by atoms with Crippen molar-refractivity contribution in [2.75, 3.05) is 18.5 Å². The summed E-state index contributed by atoms with van der Waals surface area (Å²) in [5.74, 6) is 0.733. The number of aliphatic hydroxyl groups excluding tert-OH is 1. The number of carbonyl (C=O) groups is 1. The van der Waals surface area contributed by atoms with Crippen molar-refractivity contribution in [3.63, 3.8) is 0 Å². The molecule has 2 aromatic carbocycles. The molecule has 3 aromatic rings. The van der Waals surface area contributed by atoms with Crippen LogP contribution >= 0.6 is 0 Å². The van der Waals surface area contributed by atoms with Gasteiger partial charge in [-0.2, -0.15) is 0 Å². The lowest BCUT2D eigenvalue weighted by Crippen LogP contribution is -2.27. The molecule has 1 aliphatic rings. The minimum absolute atomic E-state index is 0.121. The molecular weight excluding hydrogens is 451 g/mol. The van der Waals surface area contributed by atoms with Crippen molar-refractivity contribution in [1.29, 1.82) is 0 Å². The molecule has 35 heavy (non-hydrogen) atoms. The summed E-state index contributed by atoms with van der Waals surface area (Å²) in [6, 6.07) is 10.6. The Morgan fingerprint density at radius 1 is 1.17 bits per heavy atom. The quantitative estimate of drug-likeness (QED) is 0.508. The van der Waals surface area contributed by atoms with Crippen LogP contribution in [0.15, 0.2) is 59.1 Å². The van der Waals surface area contributed by atoms with E-state index in [0.717, 1.165) is 5.57 Å². The molecule has 1 atom stereocenters. The zero-order valence-corrected chi connectivity index (χ0v) is 20.0. The monoisotopic (exact) mass is 478 g/mol. The van der Waals surface area contributed by atoms with Gasteiger partial charge < -0.3 is 19.9 Å². The normalized spacial score (nSPS) is 14.3. The molecule has 182 valence electrons. The Morgan fingerprint density at radius 3 is 2.57 bits per heavy atom. The summed E-state index contributed by atoms with van der Waals surface area (Å²) < 4.78 is 24.3. The summed E-state index contributed by atoms with van der Waals surface area (Å²) in [5, 5.41) is 14.8. The smallest absolute Gasteiger partial charge is 0.344 e. The Labute approximate surface area is 202 Å². The second kappa shape index (κ2) is 9.79. The largest absolute Gasteiger partial charge is 0.482 e. The van der Waals surface area contributed by atoms with E-state index in [9.17, 15) is 14.3 Å². The first-order chi connectivity index (χ1) is 16.6. The summed E-state index contributed by atoms with van der Waals surface area (Å²) in [5.41, 5.74) is 1.43. The van der Waals surface area contributed by atoms with Crippen molar-refractivity contribution in [2.24, 2.45) is 4.99 Å². The van der Waals surface area contributed by atoms with Crippen molar-refractivity contribution in [2.45, 2.75) is 39.4 Å². The van der Waals surface area contributed by atoms with Crippen LogP contribution in [0, 0.1) is 5.82 Å². The first-order valence-electron chi connectivity index (χ1n) is 11.2. The topological polar surface area (TPSA) is 106 Å². The van der Waals surface area contributed by atoms with Gasteiger partial charge in [0.2, 0.25) is 0 Å². The highest BCUT2D eigenvalue weighted by Gasteiger charge is 2.20. The molecule has 1 aromatic heterocycles. The molecule has 2 heterocycles. The van der Waals surface area contributed by atoms with Crippen LogP contribution in [0.4, 0.5) is 10.2 Å². The molecule has 0 fully saturated rings. The van der Waals surface area contributed by atoms with Crippen molar-refractivity contribution >= 4 is 28.5 Å². The molecule has 2 N–H and O–H groups in total. The number of nitrogens with zero attached hydrogens (tertiary/aromatic N) is 3. The van der Waals surface area contributed by atoms with E-state index in [4.69, 9.17) is 9.47 Å². The van der Waals surface area contributed by atoms with Gasteiger partial charge in [0.15, 0.2) is 12.4 Å². The zero-order valence-electron chi connectivity index (χ0n) is 20.0. The van der Waals surface area contributed by atoms with E-state index in [2.05, 4.69) is 20.3 Å². The van der Waals surface area contributed by atoms with Crippen LogP contribution in [0.5, 0.6) is 5.75 Å². The van der Waals surface area contributed by atoms with E-state index in [-0.39, 0.29) is 12.4 Å². The number of hydrogen-bond acceptors (Lipinski definition) is 8. The predicted molar refractivity (Wildman–Crippen MR) is 131 cm³/mol. The van der Waals surface area contributed by atoms with Crippen LogP contribution < -0.4 is 10.1 Å². The van der Waals surface area contributed by atoms with Gasteiger partial charge in [-0.15, -0.1) is 0 Å². The Bertz CT molecular complexity index is 1310. The van der Waals surface area contributed by atoms with E-state index in [1.165, 1.54) is 24.3 Å². The molecule has 0 amide bonds. The van der Waals surface area contributed by atoms with E-state index in [1.807, 2.05) is 13.0 Å². The zero-order chi connectivity index (χ0) is 25.2. The number of rotatable bonds is 6. The number of ether oxygens (including phenoxy) is 2. The van der Waals surface area contributed by atoms with Crippen LogP contribution in [-0.2, 0) is 9.53 Å². The Hall–Kier alpha value is -3.85. The summed E-state index contributed by atoms with van der Waals surface area (Å²) in [6.45, 7) is 7.67. The average molecular weight is 479 g/mol. The third kappa shape index (κ3) is 6.19. The molecule has 9 heteroatoms. The average Bonchev–Trinajstić information content (AvgIpc) is 3.20. The Morgan fingerprint density at radius 2 is 1.91 bits per heavy atom. The Kier molecular flexibility index (Phi) is 6.79. The third-order valence-electron chi connectivity index (χ3n) is 5.02. The minimum Gasteiger partial charge on any atom is -0.482 e. The van der Waals surface area contributed by atoms with Gasteiger partial charge in [0.25, 0.3) is 0 Å². The van der Waals surface area contributed by atoms with E-state index < -0.39 is 23.5 Å². The molecule has 1 unspecified atom stereocenters.